The molecule has 0 spiro atoms. The molecule has 0 bridgehead atoms. The topological polar surface area (TPSA) is 30.5 Å². The van der Waals surface area contributed by atoms with Crippen molar-refractivity contribution in [1.29, 1.82) is 0 Å². The zero-order chi connectivity index (χ0) is 13.3. The van der Waals surface area contributed by atoms with Gasteiger partial charge in [-0.3, -0.25) is 0 Å². The molecule has 1 aromatic rings. The van der Waals surface area contributed by atoms with Crippen LogP contribution in [0.5, 0.6) is 11.5 Å². The van der Waals surface area contributed by atoms with Crippen molar-refractivity contribution in [2.45, 2.75) is 18.6 Å². The molecule has 1 unspecified atom stereocenters. The molecular weight excluding hydrogens is 247 g/mol. The lowest BCUT2D eigenvalue weighted by molar-refractivity contribution is -0.159. The molecule has 1 aliphatic heterocycles. The van der Waals surface area contributed by atoms with E-state index in [1.54, 1.807) is 6.07 Å². The summed E-state index contributed by atoms with van der Waals surface area (Å²) in [6.45, 7) is 0.285. The Balaban J connectivity index is 2.55. The minimum atomic E-state index is -4.34. The summed E-state index contributed by atoms with van der Waals surface area (Å²) in [6.07, 6.45) is -3.81. The van der Waals surface area contributed by atoms with Crippen LogP contribution in [0.3, 0.4) is 0 Å². The van der Waals surface area contributed by atoms with Gasteiger partial charge < -0.3 is 14.8 Å². The van der Waals surface area contributed by atoms with E-state index in [9.17, 15) is 13.2 Å². The first-order valence-corrected chi connectivity index (χ1v) is 5.52. The maximum absolute atomic E-state index is 13.0. The number of nitrogens with one attached hydrogen (secondary N) is 1. The molecule has 2 rings (SSSR count). The summed E-state index contributed by atoms with van der Waals surface area (Å²) in [5, 5.41) is 2.48. The molecule has 6 heteroatoms. The number of hydrogen-bond donors (Lipinski definition) is 1. The highest BCUT2D eigenvalue weighted by atomic mass is 19.4. The van der Waals surface area contributed by atoms with Crippen LogP contribution in [0.1, 0.15) is 17.2 Å². The number of hydrogen-bond acceptors (Lipinski definition) is 3. The van der Waals surface area contributed by atoms with Crippen LogP contribution in [0.4, 0.5) is 13.2 Å². The van der Waals surface area contributed by atoms with Gasteiger partial charge in [-0.15, -0.1) is 0 Å². The van der Waals surface area contributed by atoms with Crippen molar-refractivity contribution in [3.8, 4) is 11.5 Å². The van der Waals surface area contributed by atoms with Gasteiger partial charge in [0.05, 0.1) is 14.2 Å². The summed E-state index contributed by atoms with van der Waals surface area (Å²) < 4.78 is 49.0. The fourth-order valence-electron chi connectivity index (χ4n) is 2.21. The maximum atomic E-state index is 13.0. The molecule has 0 radical (unpaired) electrons. The van der Waals surface area contributed by atoms with E-state index in [1.165, 1.54) is 20.3 Å². The largest absolute Gasteiger partial charge is 0.497 e. The summed E-state index contributed by atoms with van der Waals surface area (Å²) in [7, 11) is 2.83. The van der Waals surface area contributed by atoms with Gasteiger partial charge in [-0.1, -0.05) is 0 Å². The van der Waals surface area contributed by atoms with Gasteiger partial charge in [0, 0.05) is 18.2 Å². The van der Waals surface area contributed by atoms with E-state index in [1.807, 2.05) is 0 Å². The van der Waals surface area contributed by atoms with Crippen LogP contribution >= 0.6 is 0 Å². The van der Waals surface area contributed by atoms with Gasteiger partial charge >= 0.3 is 6.18 Å². The van der Waals surface area contributed by atoms with Crippen molar-refractivity contribution in [2.24, 2.45) is 0 Å². The lowest BCUT2D eigenvalue weighted by Crippen LogP contribution is -2.39. The van der Waals surface area contributed by atoms with Crippen molar-refractivity contribution in [3.63, 3.8) is 0 Å². The van der Waals surface area contributed by atoms with Gasteiger partial charge in [0.1, 0.15) is 17.5 Å². The molecule has 1 aliphatic rings. The van der Waals surface area contributed by atoms with Gasteiger partial charge in [-0.25, -0.2) is 0 Å². The second-order valence-electron chi connectivity index (χ2n) is 4.08. The lowest BCUT2D eigenvalue weighted by Gasteiger charge is -2.30. The summed E-state index contributed by atoms with van der Waals surface area (Å²) in [4.78, 5) is 0. The quantitative estimate of drug-likeness (QED) is 0.887. The highest BCUT2D eigenvalue weighted by molar-refractivity contribution is 5.50. The Labute approximate surface area is 103 Å². The lowest BCUT2D eigenvalue weighted by atomic mass is 9.92. The van der Waals surface area contributed by atoms with Crippen molar-refractivity contribution in [2.75, 3.05) is 20.8 Å². The summed E-state index contributed by atoms with van der Waals surface area (Å²) >= 11 is 0. The van der Waals surface area contributed by atoms with Crippen LogP contribution in [-0.2, 0) is 6.42 Å². The number of benzene rings is 1. The highest BCUT2D eigenvalue weighted by Crippen LogP contribution is 2.42. The number of fused-ring (bicyclic) bond motifs is 1. The fourth-order valence-corrected chi connectivity index (χ4v) is 2.21. The van der Waals surface area contributed by atoms with Crippen molar-refractivity contribution in [3.05, 3.63) is 23.3 Å². The van der Waals surface area contributed by atoms with Gasteiger partial charge in [0.15, 0.2) is 0 Å². The van der Waals surface area contributed by atoms with Gasteiger partial charge in [0.2, 0.25) is 0 Å². The van der Waals surface area contributed by atoms with E-state index in [0.717, 1.165) is 0 Å². The third-order valence-electron chi connectivity index (χ3n) is 3.02. The molecule has 0 amide bonds. The molecule has 1 heterocycles. The number of rotatable bonds is 2. The van der Waals surface area contributed by atoms with E-state index >= 15 is 0 Å². The van der Waals surface area contributed by atoms with Crippen molar-refractivity contribution < 1.29 is 22.6 Å². The van der Waals surface area contributed by atoms with E-state index < -0.39 is 12.2 Å². The Morgan fingerprint density at radius 2 is 1.94 bits per heavy atom. The molecular formula is C12H14F3NO2. The number of methoxy groups -OCH3 is 2. The zero-order valence-corrected chi connectivity index (χ0v) is 10.1. The standard InChI is InChI=1S/C12H14F3NO2/c1-17-8-5-7-3-4-16-11(12(13,14)15)10(7)9(6-8)18-2/h5-6,11,16H,3-4H2,1-2H3. The number of halogens is 3. The van der Waals surface area contributed by atoms with E-state index in [-0.39, 0.29) is 17.9 Å². The molecule has 1 N–H and O–H groups in total. The molecule has 0 saturated heterocycles. The van der Waals surface area contributed by atoms with Gasteiger partial charge in [-0.05, 0) is 18.1 Å². The Bertz CT molecular complexity index is 428. The molecule has 0 aliphatic carbocycles. The van der Waals surface area contributed by atoms with Crippen molar-refractivity contribution >= 4 is 0 Å². The van der Waals surface area contributed by atoms with E-state index in [4.69, 9.17) is 9.47 Å². The number of alkyl halides is 3. The molecule has 0 aromatic heterocycles. The second kappa shape index (κ2) is 4.68. The second-order valence-corrected chi connectivity index (χ2v) is 4.08. The normalized spacial score (nSPS) is 19.3. The van der Waals surface area contributed by atoms with Crippen LogP contribution in [0.15, 0.2) is 12.1 Å². The Kier molecular flexibility index (Phi) is 3.38. The first-order valence-electron chi connectivity index (χ1n) is 5.52. The fraction of sp³-hybridized carbons (Fsp3) is 0.500. The van der Waals surface area contributed by atoms with Crippen LogP contribution in [0.25, 0.3) is 0 Å². The van der Waals surface area contributed by atoms with Crippen LogP contribution in [0.2, 0.25) is 0 Å². The maximum Gasteiger partial charge on any atom is 0.408 e. The summed E-state index contributed by atoms with van der Waals surface area (Å²) in [5.74, 6) is 0.715. The number of ether oxygens (including phenoxy) is 2. The average molecular weight is 261 g/mol. The molecule has 1 atom stereocenters. The summed E-state index contributed by atoms with van der Waals surface area (Å²) in [6, 6.07) is 1.43. The smallest absolute Gasteiger partial charge is 0.408 e. The minimum absolute atomic E-state index is 0.164. The van der Waals surface area contributed by atoms with E-state index in [0.29, 0.717) is 17.7 Å². The third kappa shape index (κ3) is 2.25. The minimum Gasteiger partial charge on any atom is -0.497 e. The molecule has 0 saturated carbocycles. The Morgan fingerprint density at radius 1 is 1.22 bits per heavy atom. The predicted octanol–water partition coefficient (Wildman–Crippen LogP) is 2.45. The highest BCUT2D eigenvalue weighted by Gasteiger charge is 2.44. The van der Waals surface area contributed by atoms with Crippen LogP contribution < -0.4 is 14.8 Å². The molecule has 0 fully saturated rings. The molecule has 100 valence electrons. The molecule has 18 heavy (non-hydrogen) atoms. The predicted molar refractivity (Wildman–Crippen MR) is 60.0 cm³/mol. The van der Waals surface area contributed by atoms with Crippen LogP contribution in [-0.4, -0.2) is 26.9 Å². The summed E-state index contributed by atoms with van der Waals surface area (Å²) in [5.41, 5.74) is 0.782. The Morgan fingerprint density at radius 3 is 2.50 bits per heavy atom. The monoisotopic (exact) mass is 261 g/mol. The first kappa shape index (κ1) is 13.0. The van der Waals surface area contributed by atoms with Crippen LogP contribution in [0, 0.1) is 0 Å². The molecule has 1 aromatic carbocycles. The third-order valence-corrected chi connectivity index (χ3v) is 3.02. The average Bonchev–Trinajstić information content (AvgIpc) is 2.35. The Hall–Kier alpha value is -1.43. The van der Waals surface area contributed by atoms with E-state index in [2.05, 4.69) is 5.32 Å². The SMILES string of the molecule is COc1cc2c(c(OC)c1)C(C(F)(F)F)NCC2. The zero-order valence-electron chi connectivity index (χ0n) is 10.1. The first-order chi connectivity index (χ1) is 8.47. The molecule has 3 nitrogen and oxygen atoms in total. The van der Waals surface area contributed by atoms with Gasteiger partial charge in [0.25, 0.3) is 0 Å². The van der Waals surface area contributed by atoms with Crippen molar-refractivity contribution in [1.82, 2.24) is 5.32 Å². The van der Waals surface area contributed by atoms with Gasteiger partial charge in [-0.2, -0.15) is 13.2 Å².